The maximum atomic E-state index is 12.8. The van der Waals surface area contributed by atoms with Crippen LogP contribution < -0.4 is 5.32 Å². The van der Waals surface area contributed by atoms with Crippen LogP contribution in [0.25, 0.3) is 0 Å². The molecule has 0 heterocycles. The number of hydrogen-bond donors (Lipinski definition) is 2. The van der Waals surface area contributed by atoms with Crippen molar-refractivity contribution in [3.8, 4) is 0 Å². The Kier molecular flexibility index (Phi) is 4.73. The van der Waals surface area contributed by atoms with E-state index in [1.54, 1.807) is 6.92 Å². The summed E-state index contributed by atoms with van der Waals surface area (Å²) in [6.07, 6.45) is 0.390. The number of thiol groups is 1. The lowest BCUT2D eigenvalue weighted by Gasteiger charge is -2.07. The Morgan fingerprint density at radius 2 is 1.94 bits per heavy atom. The first-order valence-corrected chi connectivity index (χ1v) is 5.41. The van der Waals surface area contributed by atoms with E-state index >= 15 is 0 Å². The molecule has 0 aliphatic carbocycles. The molecule has 0 saturated carbocycles. The van der Waals surface area contributed by atoms with Gasteiger partial charge >= 0.3 is 0 Å². The smallest absolute Gasteiger partial charge is 0.232 e. The lowest BCUT2D eigenvalue weighted by Crippen LogP contribution is -2.31. The second kappa shape index (κ2) is 5.84. The molecule has 16 heavy (non-hydrogen) atoms. The van der Waals surface area contributed by atoms with Crippen LogP contribution in [-0.4, -0.2) is 17.7 Å². The number of nitrogens with one attached hydrogen (secondary N) is 1. The van der Waals surface area contributed by atoms with Gasteiger partial charge in [0.05, 0.1) is 5.25 Å². The first-order chi connectivity index (χ1) is 7.49. The van der Waals surface area contributed by atoms with Crippen molar-refractivity contribution in [1.82, 2.24) is 5.32 Å². The third-order valence-electron chi connectivity index (χ3n) is 2.01. The van der Waals surface area contributed by atoms with Crippen molar-refractivity contribution in [3.05, 3.63) is 35.4 Å². The Bertz CT molecular complexity index is 362. The molecule has 1 amide bonds. The number of carbonyl (C=O) groups excluding carboxylic acids is 1. The van der Waals surface area contributed by atoms with Crippen LogP contribution in [0, 0.1) is 11.6 Å². The summed E-state index contributed by atoms with van der Waals surface area (Å²) in [6, 6.07) is 3.32. The maximum Gasteiger partial charge on any atom is 0.232 e. The third-order valence-corrected chi connectivity index (χ3v) is 2.25. The van der Waals surface area contributed by atoms with E-state index in [-0.39, 0.29) is 11.2 Å². The molecule has 0 fully saturated rings. The molecule has 0 spiro atoms. The number of rotatable bonds is 4. The number of carbonyl (C=O) groups is 1. The van der Waals surface area contributed by atoms with E-state index in [0.717, 1.165) is 6.07 Å². The highest BCUT2D eigenvalue weighted by Crippen LogP contribution is 2.08. The second-order valence-electron chi connectivity index (χ2n) is 3.49. The average molecular weight is 245 g/mol. The fourth-order valence-corrected chi connectivity index (χ4v) is 1.32. The van der Waals surface area contributed by atoms with Gasteiger partial charge in [-0.1, -0.05) is 0 Å². The summed E-state index contributed by atoms with van der Waals surface area (Å²) in [6.45, 7) is 1.99. The lowest BCUT2D eigenvalue weighted by atomic mass is 10.1. The summed E-state index contributed by atoms with van der Waals surface area (Å²) in [4.78, 5) is 11.1. The van der Waals surface area contributed by atoms with Gasteiger partial charge in [0.15, 0.2) is 0 Å². The van der Waals surface area contributed by atoms with Gasteiger partial charge in [-0.2, -0.15) is 12.6 Å². The fraction of sp³-hybridized carbons (Fsp3) is 0.364. The van der Waals surface area contributed by atoms with E-state index in [1.807, 2.05) is 0 Å². The van der Waals surface area contributed by atoms with E-state index in [4.69, 9.17) is 0 Å². The Balaban J connectivity index is 2.46. The summed E-state index contributed by atoms with van der Waals surface area (Å²) in [5.41, 5.74) is 0.518. The molecule has 0 aliphatic rings. The van der Waals surface area contributed by atoms with Crippen molar-refractivity contribution >= 4 is 18.5 Å². The van der Waals surface area contributed by atoms with Crippen LogP contribution in [0.4, 0.5) is 8.78 Å². The number of benzene rings is 1. The van der Waals surface area contributed by atoms with Gasteiger partial charge in [-0.3, -0.25) is 4.79 Å². The largest absolute Gasteiger partial charge is 0.355 e. The molecule has 88 valence electrons. The molecule has 0 aliphatic heterocycles. The van der Waals surface area contributed by atoms with Gasteiger partial charge in [0, 0.05) is 12.6 Å². The van der Waals surface area contributed by atoms with Crippen molar-refractivity contribution in [3.63, 3.8) is 0 Å². The standard InChI is InChI=1S/C11H13F2NOS/c1-7(16)11(15)14-3-2-8-4-9(12)6-10(13)5-8/h4-7,16H,2-3H2,1H3,(H,14,15). The Hall–Kier alpha value is -1.10. The molecule has 1 aromatic rings. The van der Waals surface area contributed by atoms with E-state index in [2.05, 4.69) is 17.9 Å². The molecule has 5 heteroatoms. The van der Waals surface area contributed by atoms with Gasteiger partial charge in [0.1, 0.15) is 11.6 Å². The highest BCUT2D eigenvalue weighted by Gasteiger charge is 2.06. The van der Waals surface area contributed by atoms with Gasteiger partial charge in [-0.15, -0.1) is 0 Å². The zero-order chi connectivity index (χ0) is 12.1. The van der Waals surface area contributed by atoms with Crippen LogP contribution >= 0.6 is 12.6 Å². The van der Waals surface area contributed by atoms with Crippen molar-refractivity contribution in [2.75, 3.05) is 6.54 Å². The predicted molar refractivity (Wildman–Crippen MR) is 61.5 cm³/mol. The Labute approximate surface area is 98.5 Å². The zero-order valence-electron chi connectivity index (χ0n) is 8.84. The van der Waals surface area contributed by atoms with Crippen molar-refractivity contribution in [1.29, 1.82) is 0 Å². The molecule has 1 rings (SSSR count). The SMILES string of the molecule is CC(S)C(=O)NCCc1cc(F)cc(F)c1. The molecular formula is C11H13F2NOS. The molecule has 1 unspecified atom stereocenters. The van der Waals surface area contributed by atoms with E-state index in [9.17, 15) is 13.6 Å². The topological polar surface area (TPSA) is 29.1 Å². The number of halogens is 2. The Morgan fingerprint density at radius 1 is 1.38 bits per heavy atom. The van der Waals surface area contributed by atoms with Crippen LogP contribution in [0.5, 0.6) is 0 Å². The van der Waals surface area contributed by atoms with Gasteiger partial charge in [-0.25, -0.2) is 8.78 Å². The van der Waals surface area contributed by atoms with Crippen molar-refractivity contribution in [2.24, 2.45) is 0 Å². The fourth-order valence-electron chi connectivity index (χ4n) is 1.23. The minimum Gasteiger partial charge on any atom is -0.355 e. The molecule has 0 bridgehead atoms. The maximum absolute atomic E-state index is 12.8. The third kappa shape index (κ3) is 4.18. The van der Waals surface area contributed by atoms with Gasteiger partial charge < -0.3 is 5.32 Å². The molecule has 1 N–H and O–H groups in total. The highest BCUT2D eigenvalue weighted by atomic mass is 32.1. The molecular weight excluding hydrogens is 232 g/mol. The average Bonchev–Trinajstić information content (AvgIpc) is 2.15. The normalized spacial score (nSPS) is 12.2. The van der Waals surface area contributed by atoms with E-state index in [1.165, 1.54) is 12.1 Å². The van der Waals surface area contributed by atoms with Crippen molar-refractivity contribution < 1.29 is 13.6 Å². The first-order valence-electron chi connectivity index (χ1n) is 4.90. The first kappa shape index (κ1) is 13.0. The van der Waals surface area contributed by atoms with Crippen LogP contribution in [0.3, 0.4) is 0 Å². The van der Waals surface area contributed by atoms with Gasteiger partial charge in [0.2, 0.25) is 5.91 Å². The minimum atomic E-state index is -0.608. The zero-order valence-corrected chi connectivity index (χ0v) is 9.73. The molecule has 0 radical (unpaired) electrons. The van der Waals surface area contributed by atoms with Crippen LogP contribution in [-0.2, 0) is 11.2 Å². The predicted octanol–water partition coefficient (Wildman–Crippen LogP) is 1.94. The minimum absolute atomic E-state index is 0.194. The summed E-state index contributed by atoms with van der Waals surface area (Å²) < 4.78 is 25.6. The quantitative estimate of drug-likeness (QED) is 0.780. The summed E-state index contributed by atoms with van der Waals surface area (Å²) in [5.74, 6) is -1.41. The highest BCUT2D eigenvalue weighted by molar-refractivity contribution is 7.81. The summed E-state index contributed by atoms with van der Waals surface area (Å²) >= 11 is 3.95. The molecule has 0 aromatic heterocycles. The molecule has 1 aromatic carbocycles. The van der Waals surface area contributed by atoms with Crippen LogP contribution in [0.2, 0.25) is 0 Å². The Morgan fingerprint density at radius 3 is 2.44 bits per heavy atom. The summed E-state index contributed by atoms with van der Waals surface area (Å²) in [7, 11) is 0. The molecule has 0 saturated heterocycles. The molecule has 2 nitrogen and oxygen atoms in total. The lowest BCUT2D eigenvalue weighted by molar-refractivity contribution is -0.120. The van der Waals surface area contributed by atoms with Gasteiger partial charge in [0.25, 0.3) is 0 Å². The monoisotopic (exact) mass is 245 g/mol. The number of hydrogen-bond acceptors (Lipinski definition) is 2. The number of amides is 1. The summed E-state index contributed by atoms with van der Waals surface area (Å²) in [5, 5.41) is 2.22. The van der Waals surface area contributed by atoms with Crippen LogP contribution in [0.1, 0.15) is 12.5 Å². The second-order valence-corrected chi connectivity index (χ2v) is 4.27. The van der Waals surface area contributed by atoms with Crippen LogP contribution in [0.15, 0.2) is 18.2 Å². The van der Waals surface area contributed by atoms with Gasteiger partial charge in [-0.05, 0) is 31.0 Å². The van der Waals surface area contributed by atoms with E-state index < -0.39 is 11.6 Å². The molecule has 1 atom stereocenters. The van der Waals surface area contributed by atoms with E-state index in [0.29, 0.717) is 18.5 Å². The van der Waals surface area contributed by atoms with Crippen molar-refractivity contribution in [2.45, 2.75) is 18.6 Å².